The number of rotatable bonds is 5. The molecular formula is C18H40Cl4N2O12P4. The van der Waals surface area contributed by atoms with Gasteiger partial charge < -0.3 is 39.1 Å². The summed E-state index contributed by atoms with van der Waals surface area (Å²) in [7, 11) is -14.6. The van der Waals surface area contributed by atoms with Crippen LogP contribution in [0.2, 0.25) is 0 Å². The number of hydrogen-bond donors (Lipinski definition) is 8. The molecule has 8 N–H and O–H groups in total. The van der Waals surface area contributed by atoms with Crippen molar-refractivity contribution in [3.8, 4) is 11.1 Å². The molecule has 242 valence electrons. The second kappa shape index (κ2) is 29.1. The van der Waals surface area contributed by atoms with Crippen LogP contribution in [0.15, 0.2) is 49.1 Å². The van der Waals surface area contributed by atoms with Gasteiger partial charge in [-0.1, -0.05) is 27.7 Å². The van der Waals surface area contributed by atoms with Crippen LogP contribution in [-0.2, 0) is 18.3 Å². The summed E-state index contributed by atoms with van der Waals surface area (Å²) in [4.78, 5) is 71.4. The van der Waals surface area contributed by atoms with Gasteiger partial charge in [-0.3, -0.25) is 28.2 Å². The van der Waals surface area contributed by atoms with Crippen LogP contribution in [0, 0.1) is 0 Å². The molecular weight excluding hydrogens is 702 g/mol. The Balaban J connectivity index is -0.0000000695. The molecule has 2 heterocycles. The maximum atomic E-state index is 9.69. The minimum absolute atomic E-state index is 0. The van der Waals surface area contributed by atoms with Crippen molar-refractivity contribution < 1.29 is 57.4 Å². The van der Waals surface area contributed by atoms with Crippen LogP contribution in [0.5, 0.6) is 0 Å². The Morgan fingerprint density at radius 3 is 0.675 bits per heavy atom. The first-order valence-corrected chi connectivity index (χ1v) is 17.4. The zero-order chi connectivity index (χ0) is 29.1. The Morgan fingerprint density at radius 1 is 0.450 bits per heavy atom. The summed E-state index contributed by atoms with van der Waals surface area (Å²) in [6.45, 7) is 5.78. The average molecular weight is 742 g/mol. The van der Waals surface area contributed by atoms with Gasteiger partial charge in [-0.15, -0.1) is 49.6 Å². The molecule has 0 atom stereocenters. The van der Waals surface area contributed by atoms with Gasteiger partial charge in [0.15, 0.2) is 0 Å². The third-order valence-electron chi connectivity index (χ3n) is 3.34. The van der Waals surface area contributed by atoms with E-state index in [1.165, 1.54) is 38.8 Å². The van der Waals surface area contributed by atoms with Crippen LogP contribution in [0.25, 0.3) is 11.1 Å². The maximum Gasteiger partial charge on any atom is 0.325 e. The molecule has 0 radical (unpaired) electrons. The molecule has 0 aliphatic carbocycles. The lowest BCUT2D eigenvalue weighted by molar-refractivity contribution is 0.372. The van der Waals surface area contributed by atoms with Crippen molar-refractivity contribution >= 4 is 80.0 Å². The first-order valence-electron chi connectivity index (χ1n) is 10.2. The van der Waals surface area contributed by atoms with Gasteiger partial charge in [0.05, 0.1) is 0 Å². The lowest BCUT2D eigenvalue weighted by Crippen LogP contribution is -1.77. The predicted molar refractivity (Wildman–Crippen MR) is 167 cm³/mol. The Bertz CT molecular complexity index is 881. The van der Waals surface area contributed by atoms with Gasteiger partial charge in [0.25, 0.3) is 0 Å². The van der Waals surface area contributed by atoms with Crippen LogP contribution >= 0.6 is 80.0 Å². The molecule has 14 nitrogen and oxygen atoms in total. The predicted octanol–water partition coefficient (Wildman–Crippen LogP) is 4.57. The highest BCUT2D eigenvalue weighted by atomic mass is 35.5. The van der Waals surface area contributed by atoms with Gasteiger partial charge in [-0.25, -0.2) is 0 Å². The van der Waals surface area contributed by atoms with Crippen LogP contribution < -0.4 is 0 Å². The summed E-state index contributed by atoms with van der Waals surface area (Å²) in [5, 5.41) is 0. The molecule has 0 fully saturated rings. The van der Waals surface area contributed by atoms with Crippen LogP contribution in [0.4, 0.5) is 0 Å². The molecule has 22 heteroatoms. The number of pyridine rings is 2. The van der Waals surface area contributed by atoms with E-state index in [1.54, 1.807) is 24.8 Å². The Morgan fingerprint density at radius 2 is 0.575 bits per heavy atom. The van der Waals surface area contributed by atoms with Crippen LogP contribution in [0.3, 0.4) is 0 Å². The topological polar surface area (TPSA) is 256 Å². The summed E-state index contributed by atoms with van der Waals surface area (Å²) in [5.41, 5.74) is 2.35. The zero-order valence-corrected chi connectivity index (χ0v) is 28.8. The van der Waals surface area contributed by atoms with Crippen molar-refractivity contribution in [1.29, 1.82) is 0 Å². The summed E-state index contributed by atoms with van der Waals surface area (Å²) >= 11 is 0. The highest BCUT2D eigenvalue weighted by Crippen LogP contribution is 2.33. The van der Waals surface area contributed by atoms with Gasteiger partial charge in [0, 0.05) is 49.4 Å². The van der Waals surface area contributed by atoms with Crippen LogP contribution in [0.1, 0.15) is 27.7 Å². The largest absolute Gasteiger partial charge is 0.325 e. The normalized spacial score (nSPS) is 10.0. The molecule has 2 rings (SSSR count). The molecule has 0 unspecified atom stereocenters. The molecule has 2 aromatic rings. The fraction of sp³-hybridized carbons (Fsp3) is 0.444. The van der Waals surface area contributed by atoms with E-state index in [0.717, 1.165) is 0 Å². The van der Waals surface area contributed by atoms with Crippen molar-refractivity contribution in [3.63, 3.8) is 0 Å². The second-order valence-electron chi connectivity index (χ2n) is 6.40. The van der Waals surface area contributed by atoms with Crippen molar-refractivity contribution in [2.75, 3.05) is 24.6 Å². The molecule has 0 amide bonds. The standard InChI is InChI=1S/C10H8N2.4C2H7O3P.4ClH/c1-5-11-6-2-9(1)10-3-7-12-8-4-10;4*1-2-6(3,4)5;;;;/h1-8H;4*2H2,1H3,(H2,3,4,5);4*1H. The third-order valence-corrected chi connectivity index (χ3v) is 6.64. The van der Waals surface area contributed by atoms with Gasteiger partial charge in [-0.05, 0) is 35.4 Å². The molecule has 0 aromatic carbocycles. The van der Waals surface area contributed by atoms with E-state index < -0.39 is 30.4 Å². The lowest BCUT2D eigenvalue weighted by atomic mass is 10.1. The fourth-order valence-electron chi connectivity index (χ4n) is 1.09. The van der Waals surface area contributed by atoms with Crippen molar-refractivity contribution in [3.05, 3.63) is 49.1 Å². The monoisotopic (exact) mass is 740 g/mol. The molecule has 0 aliphatic rings. The first kappa shape index (κ1) is 55.9. The minimum atomic E-state index is -3.65. The molecule has 40 heavy (non-hydrogen) atoms. The zero-order valence-electron chi connectivity index (χ0n) is 22.0. The second-order valence-corrected chi connectivity index (χ2v) is 14.2. The number of aromatic nitrogens is 2. The Hall–Kier alpha value is 0.0600. The van der Waals surface area contributed by atoms with E-state index >= 15 is 0 Å². The Labute approximate surface area is 259 Å². The summed E-state index contributed by atoms with van der Waals surface area (Å²) < 4.78 is 38.8. The van der Waals surface area contributed by atoms with Crippen molar-refractivity contribution in [2.45, 2.75) is 27.7 Å². The molecule has 0 saturated heterocycles. The molecule has 0 spiro atoms. The number of halogens is 4. The molecule has 2 aromatic heterocycles. The van der Waals surface area contributed by atoms with Crippen LogP contribution in [-0.4, -0.2) is 73.8 Å². The van der Waals surface area contributed by atoms with Crippen molar-refractivity contribution in [1.82, 2.24) is 9.97 Å². The maximum absolute atomic E-state index is 9.69. The number of hydrogen-bond acceptors (Lipinski definition) is 6. The van der Waals surface area contributed by atoms with E-state index in [2.05, 4.69) is 9.97 Å². The average Bonchev–Trinajstić information content (AvgIpc) is 2.80. The van der Waals surface area contributed by atoms with Gasteiger partial charge in [0.2, 0.25) is 0 Å². The fourth-order valence-corrected chi connectivity index (χ4v) is 1.09. The van der Waals surface area contributed by atoms with Gasteiger partial charge in [0.1, 0.15) is 0 Å². The summed E-state index contributed by atoms with van der Waals surface area (Å²) in [5.74, 6) is 0. The molecule has 0 aliphatic heterocycles. The van der Waals surface area contributed by atoms with E-state index in [1.807, 2.05) is 24.3 Å². The SMILES string of the molecule is CCP(=O)(O)O.CCP(=O)(O)O.CCP(=O)(O)O.CCP(=O)(O)O.Cl.Cl.Cl.Cl.c1cc(-c2ccncc2)ccn1. The quantitative estimate of drug-likeness (QED) is 0.196. The summed E-state index contributed by atoms with van der Waals surface area (Å²) in [6.07, 6.45) is 6.90. The summed E-state index contributed by atoms with van der Waals surface area (Å²) in [6, 6.07) is 7.93. The van der Waals surface area contributed by atoms with E-state index in [9.17, 15) is 18.3 Å². The van der Waals surface area contributed by atoms with Gasteiger partial charge in [-0.2, -0.15) is 0 Å². The minimum Gasteiger partial charge on any atom is -0.324 e. The smallest absolute Gasteiger partial charge is 0.324 e. The molecule has 0 saturated carbocycles. The van der Waals surface area contributed by atoms with E-state index in [0.29, 0.717) is 0 Å². The lowest BCUT2D eigenvalue weighted by Gasteiger charge is -1.97. The highest BCUT2D eigenvalue weighted by molar-refractivity contribution is 7.52. The van der Waals surface area contributed by atoms with Gasteiger partial charge >= 0.3 is 30.4 Å². The van der Waals surface area contributed by atoms with Crippen molar-refractivity contribution in [2.24, 2.45) is 0 Å². The third kappa shape index (κ3) is 50.9. The van der Waals surface area contributed by atoms with E-state index in [4.69, 9.17) is 39.1 Å². The first-order chi connectivity index (χ1) is 16.2. The Kier molecular flexibility index (Phi) is 40.7. The van der Waals surface area contributed by atoms with E-state index in [-0.39, 0.29) is 74.3 Å². The molecule has 0 bridgehead atoms. The number of nitrogens with zero attached hydrogens (tertiary/aromatic N) is 2. The highest BCUT2D eigenvalue weighted by Gasteiger charge is 2.06.